The third kappa shape index (κ3) is 4.90. The van der Waals surface area contributed by atoms with Gasteiger partial charge in [-0.05, 0) is 43.7 Å². The van der Waals surface area contributed by atoms with Crippen molar-refractivity contribution in [2.75, 3.05) is 7.05 Å². The Balaban J connectivity index is 1.71. The number of amides is 2. The number of aromatic amines is 1. The summed E-state index contributed by atoms with van der Waals surface area (Å²) in [7, 11) is -2.34. The Morgan fingerprint density at radius 2 is 1.84 bits per heavy atom. The normalized spacial score (nSPS) is 11.8. The van der Waals surface area contributed by atoms with E-state index in [-0.39, 0.29) is 27.9 Å². The van der Waals surface area contributed by atoms with Gasteiger partial charge in [0, 0.05) is 30.2 Å². The van der Waals surface area contributed by atoms with Crippen molar-refractivity contribution in [1.82, 2.24) is 20.1 Å². The number of para-hydroxylation sites is 1. The molecule has 8 nitrogen and oxygen atoms in total. The molecule has 164 valence electrons. The van der Waals surface area contributed by atoms with Crippen molar-refractivity contribution in [2.24, 2.45) is 0 Å². The van der Waals surface area contributed by atoms with Gasteiger partial charge in [-0.2, -0.15) is 4.31 Å². The van der Waals surface area contributed by atoms with Crippen LogP contribution in [0.25, 0.3) is 10.9 Å². The van der Waals surface area contributed by atoms with Crippen LogP contribution in [0.3, 0.4) is 0 Å². The second-order valence-corrected chi connectivity index (χ2v) is 9.70. The van der Waals surface area contributed by atoms with E-state index in [9.17, 15) is 18.0 Å². The number of carbonyl (C=O) groups is 2. The Kier molecular flexibility index (Phi) is 6.68. The second-order valence-electron chi connectivity index (χ2n) is 7.30. The third-order valence-electron chi connectivity index (χ3n) is 4.93. The zero-order valence-corrected chi connectivity index (χ0v) is 18.8. The van der Waals surface area contributed by atoms with Crippen molar-refractivity contribution in [3.63, 3.8) is 0 Å². The summed E-state index contributed by atoms with van der Waals surface area (Å²) in [5, 5.41) is 0.980. The van der Waals surface area contributed by atoms with Crippen molar-refractivity contribution >= 4 is 44.3 Å². The minimum atomic E-state index is -3.79. The van der Waals surface area contributed by atoms with Gasteiger partial charge in [0.25, 0.3) is 5.91 Å². The molecule has 0 radical (unpaired) electrons. The van der Waals surface area contributed by atoms with E-state index in [1.54, 1.807) is 20.0 Å². The zero-order valence-electron chi connectivity index (χ0n) is 17.3. The van der Waals surface area contributed by atoms with Crippen LogP contribution in [0.4, 0.5) is 0 Å². The van der Waals surface area contributed by atoms with Crippen LogP contribution in [0, 0.1) is 0 Å². The summed E-state index contributed by atoms with van der Waals surface area (Å²) >= 11 is 6.09. The minimum Gasteiger partial charge on any atom is -0.361 e. The number of hydrogen-bond acceptors (Lipinski definition) is 4. The largest absolute Gasteiger partial charge is 0.361 e. The van der Waals surface area contributed by atoms with Crippen LogP contribution in [0.1, 0.15) is 29.8 Å². The molecular formula is C21H23ClN4O4S. The minimum absolute atomic E-state index is 0.0472. The highest BCUT2D eigenvalue weighted by Gasteiger charge is 2.25. The molecule has 0 saturated carbocycles. The predicted molar refractivity (Wildman–Crippen MR) is 119 cm³/mol. The summed E-state index contributed by atoms with van der Waals surface area (Å²) in [4.78, 5) is 27.8. The molecule has 3 rings (SSSR count). The SMILES string of the molecule is CC(C)N(C)S(=O)(=O)c1ccc(Cl)c(C(=O)NNC(=O)Cc2c[nH]c3ccccc23)c1. The van der Waals surface area contributed by atoms with Crippen molar-refractivity contribution in [3.8, 4) is 0 Å². The second kappa shape index (κ2) is 9.09. The highest BCUT2D eigenvalue weighted by molar-refractivity contribution is 7.89. The summed E-state index contributed by atoms with van der Waals surface area (Å²) < 4.78 is 26.6. The van der Waals surface area contributed by atoms with Gasteiger partial charge in [0.1, 0.15) is 0 Å². The van der Waals surface area contributed by atoms with Crippen LogP contribution in [-0.2, 0) is 21.2 Å². The molecule has 1 aromatic heterocycles. The molecule has 10 heteroatoms. The Morgan fingerprint density at radius 1 is 1.13 bits per heavy atom. The lowest BCUT2D eigenvalue weighted by Gasteiger charge is -2.21. The highest BCUT2D eigenvalue weighted by Crippen LogP contribution is 2.23. The molecule has 0 spiro atoms. The van der Waals surface area contributed by atoms with E-state index in [2.05, 4.69) is 15.8 Å². The number of hydrogen-bond donors (Lipinski definition) is 3. The summed E-state index contributed by atoms with van der Waals surface area (Å²) in [6, 6.07) is 11.2. The van der Waals surface area contributed by atoms with Crippen LogP contribution in [-0.4, -0.2) is 42.6 Å². The van der Waals surface area contributed by atoms with Crippen LogP contribution in [0.5, 0.6) is 0 Å². The van der Waals surface area contributed by atoms with E-state index >= 15 is 0 Å². The number of halogens is 1. The van der Waals surface area contributed by atoms with Gasteiger partial charge in [0.15, 0.2) is 0 Å². The third-order valence-corrected chi connectivity index (χ3v) is 7.29. The molecule has 0 fully saturated rings. The molecule has 0 aliphatic rings. The number of sulfonamides is 1. The van der Waals surface area contributed by atoms with E-state index in [4.69, 9.17) is 11.6 Å². The van der Waals surface area contributed by atoms with Crippen LogP contribution in [0.15, 0.2) is 53.6 Å². The fourth-order valence-corrected chi connectivity index (χ4v) is 4.57. The Bertz CT molecular complexity index is 1240. The first kappa shape index (κ1) is 22.8. The molecule has 3 aromatic rings. The molecule has 0 aliphatic heterocycles. The molecule has 0 bridgehead atoms. The predicted octanol–water partition coefficient (Wildman–Crippen LogP) is 2.85. The Labute approximate surface area is 185 Å². The number of benzene rings is 2. The summed E-state index contributed by atoms with van der Waals surface area (Å²) in [5.41, 5.74) is 6.26. The van der Waals surface area contributed by atoms with Gasteiger partial charge < -0.3 is 4.98 Å². The van der Waals surface area contributed by atoms with E-state index in [1.807, 2.05) is 24.3 Å². The standard InChI is InChI=1S/C21H23ClN4O4S/c1-13(2)26(3)31(29,30)15-8-9-18(22)17(11-15)21(28)25-24-20(27)10-14-12-23-19-7-5-4-6-16(14)19/h4-9,11-13,23H,10H2,1-3H3,(H,24,27)(H,25,28). The Morgan fingerprint density at radius 3 is 2.55 bits per heavy atom. The fourth-order valence-electron chi connectivity index (χ4n) is 2.97. The first-order valence-corrected chi connectivity index (χ1v) is 11.3. The smallest absolute Gasteiger partial charge is 0.271 e. The average molecular weight is 463 g/mol. The molecule has 2 aromatic carbocycles. The summed E-state index contributed by atoms with van der Waals surface area (Å²) in [6.07, 6.45) is 1.79. The number of aromatic nitrogens is 1. The average Bonchev–Trinajstić information content (AvgIpc) is 3.14. The monoisotopic (exact) mass is 462 g/mol. The number of carbonyl (C=O) groups excluding carboxylic acids is 2. The van der Waals surface area contributed by atoms with Crippen LogP contribution >= 0.6 is 11.6 Å². The van der Waals surface area contributed by atoms with Gasteiger partial charge in [0.05, 0.1) is 21.9 Å². The molecule has 3 N–H and O–H groups in total. The number of H-pyrrole nitrogens is 1. The van der Waals surface area contributed by atoms with Crippen LogP contribution < -0.4 is 10.9 Å². The number of fused-ring (bicyclic) bond motifs is 1. The van der Waals surface area contributed by atoms with Crippen molar-refractivity contribution in [1.29, 1.82) is 0 Å². The van der Waals surface area contributed by atoms with E-state index in [0.29, 0.717) is 0 Å². The van der Waals surface area contributed by atoms with E-state index in [1.165, 1.54) is 29.6 Å². The fraction of sp³-hybridized carbons (Fsp3) is 0.238. The number of hydrazine groups is 1. The molecule has 0 unspecified atom stereocenters. The lowest BCUT2D eigenvalue weighted by atomic mass is 10.1. The van der Waals surface area contributed by atoms with Crippen LogP contribution in [0.2, 0.25) is 5.02 Å². The highest BCUT2D eigenvalue weighted by atomic mass is 35.5. The molecule has 2 amide bonds. The number of nitrogens with one attached hydrogen (secondary N) is 3. The molecular weight excluding hydrogens is 440 g/mol. The van der Waals surface area contributed by atoms with Gasteiger partial charge in [-0.3, -0.25) is 20.4 Å². The van der Waals surface area contributed by atoms with Crippen molar-refractivity contribution < 1.29 is 18.0 Å². The van der Waals surface area contributed by atoms with Crippen molar-refractivity contribution in [2.45, 2.75) is 31.2 Å². The molecule has 0 atom stereocenters. The Hall–Kier alpha value is -2.88. The molecule has 0 aliphatic carbocycles. The van der Waals surface area contributed by atoms with Gasteiger partial charge >= 0.3 is 0 Å². The quantitative estimate of drug-likeness (QED) is 0.489. The van der Waals surface area contributed by atoms with E-state index < -0.39 is 21.8 Å². The van der Waals surface area contributed by atoms with E-state index in [0.717, 1.165) is 16.5 Å². The summed E-state index contributed by atoms with van der Waals surface area (Å²) in [5.74, 6) is -1.15. The maximum absolute atomic E-state index is 12.7. The molecule has 1 heterocycles. The lowest BCUT2D eigenvalue weighted by Crippen LogP contribution is -2.42. The van der Waals surface area contributed by atoms with Crippen molar-refractivity contribution in [3.05, 3.63) is 64.8 Å². The first-order chi connectivity index (χ1) is 14.6. The number of nitrogens with zero attached hydrogens (tertiary/aromatic N) is 1. The maximum Gasteiger partial charge on any atom is 0.271 e. The van der Waals surface area contributed by atoms with Gasteiger partial charge in [0.2, 0.25) is 15.9 Å². The molecule has 0 saturated heterocycles. The topological polar surface area (TPSA) is 111 Å². The van der Waals surface area contributed by atoms with Gasteiger partial charge in [-0.15, -0.1) is 0 Å². The first-order valence-electron chi connectivity index (χ1n) is 9.53. The zero-order chi connectivity index (χ0) is 22.8. The summed E-state index contributed by atoms with van der Waals surface area (Å²) in [6.45, 7) is 3.48. The maximum atomic E-state index is 12.7. The lowest BCUT2D eigenvalue weighted by molar-refractivity contribution is -0.121. The number of rotatable bonds is 6. The van der Waals surface area contributed by atoms with Gasteiger partial charge in [-0.25, -0.2) is 8.42 Å². The molecule has 31 heavy (non-hydrogen) atoms. The van der Waals surface area contributed by atoms with Gasteiger partial charge in [-0.1, -0.05) is 29.8 Å².